The van der Waals surface area contributed by atoms with Crippen LogP contribution in [0.25, 0.3) is 10.9 Å². The molecule has 3 aromatic rings. The van der Waals surface area contributed by atoms with E-state index < -0.39 is 54.7 Å². The first kappa shape index (κ1) is 30.6. The summed E-state index contributed by atoms with van der Waals surface area (Å²) in [5.74, 6) is 5.16. The van der Waals surface area contributed by atoms with Crippen LogP contribution in [-0.4, -0.2) is 57.9 Å². The zero-order valence-electron chi connectivity index (χ0n) is 21.5. The third-order valence-electron chi connectivity index (χ3n) is 6.51. The maximum absolute atomic E-state index is 13.5. The van der Waals surface area contributed by atoms with E-state index in [4.69, 9.17) is 0 Å². The van der Waals surface area contributed by atoms with E-state index in [1.54, 1.807) is 12.1 Å². The van der Waals surface area contributed by atoms with Crippen LogP contribution in [0.5, 0.6) is 0 Å². The molecule has 41 heavy (non-hydrogen) atoms. The largest absolute Gasteiger partial charge is 0.418 e. The van der Waals surface area contributed by atoms with Gasteiger partial charge in [-0.2, -0.15) is 26.3 Å². The molecule has 0 bridgehead atoms. The third-order valence-corrected chi connectivity index (χ3v) is 9.33. The molecule has 1 aliphatic rings. The highest BCUT2D eigenvalue weighted by atomic mass is 32.2. The average molecular weight is 622 g/mol. The van der Waals surface area contributed by atoms with Gasteiger partial charge in [0, 0.05) is 29.1 Å². The van der Waals surface area contributed by atoms with Gasteiger partial charge in [-0.3, -0.25) is 0 Å². The lowest BCUT2D eigenvalue weighted by molar-refractivity contribution is -0.140. The summed E-state index contributed by atoms with van der Waals surface area (Å²) in [7, 11) is -7.01. The fraction of sp³-hybridized carbons (Fsp3) is 0.385. The Hall–Kier alpha value is -3.38. The maximum atomic E-state index is 13.5. The molecule has 1 aromatic heterocycles. The van der Waals surface area contributed by atoms with Gasteiger partial charge in [0.15, 0.2) is 9.84 Å². The fourth-order valence-electron chi connectivity index (χ4n) is 4.53. The molecule has 0 aliphatic carbocycles. The minimum atomic E-state index is -4.87. The topological polar surface area (TPSA) is 97.3 Å². The molecule has 1 saturated heterocycles. The van der Waals surface area contributed by atoms with Crippen LogP contribution in [0.3, 0.4) is 0 Å². The maximum Gasteiger partial charge on any atom is 0.418 e. The Morgan fingerprint density at radius 1 is 1.00 bits per heavy atom. The summed E-state index contributed by atoms with van der Waals surface area (Å²) in [5, 5.41) is 6.11. The Labute approximate surface area is 232 Å². The van der Waals surface area contributed by atoms with E-state index in [1.807, 2.05) is 0 Å². The standard InChI is InChI=1S/C26H25F6N3O4S2/c1-40(36,37)19-7-8-23(21(15-19)26(30,31)32)33-11-3-4-18-14-20-22(34-17-9-12-41(38,39)13-10-17)5-2-6-24(20)35(18)16-25(27,28)29/h2,5-8,14-15,17,33-34H,9-13,16H2,1H3. The predicted molar refractivity (Wildman–Crippen MR) is 143 cm³/mol. The van der Waals surface area contributed by atoms with Gasteiger partial charge in [-0.1, -0.05) is 12.0 Å². The highest BCUT2D eigenvalue weighted by Crippen LogP contribution is 2.36. The molecule has 0 amide bonds. The number of halogens is 6. The molecule has 15 heteroatoms. The molecular formula is C26H25F6N3O4S2. The van der Waals surface area contributed by atoms with Gasteiger partial charge in [0.2, 0.25) is 0 Å². The van der Waals surface area contributed by atoms with Crippen LogP contribution in [0.15, 0.2) is 47.4 Å². The van der Waals surface area contributed by atoms with Crippen molar-refractivity contribution in [2.75, 3.05) is 34.9 Å². The Kier molecular flexibility index (Phi) is 8.30. The lowest BCUT2D eigenvalue weighted by Crippen LogP contribution is -2.32. The Morgan fingerprint density at radius 2 is 1.68 bits per heavy atom. The second-order valence-electron chi connectivity index (χ2n) is 9.67. The van der Waals surface area contributed by atoms with Gasteiger partial charge in [0.1, 0.15) is 16.4 Å². The molecule has 2 N–H and O–H groups in total. The van der Waals surface area contributed by atoms with Crippen molar-refractivity contribution in [3.8, 4) is 11.8 Å². The van der Waals surface area contributed by atoms with Gasteiger partial charge in [-0.15, -0.1) is 0 Å². The summed E-state index contributed by atoms with van der Waals surface area (Å²) < 4.78 is 129. The van der Waals surface area contributed by atoms with Gasteiger partial charge in [0.05, 0.1) is 39.7 Å². The zero-order valence-corrected chi connectivity index (χ0v) is 23.2. The first-order chi connectivity index (χ1) is 18.9. The van der Waals surface area contributed by atoms with Gasteiger partial charge in [-0.05, 0) is 55.2 Å². The van der Waals surface area contributed by atoms with E-state index in [0.29, 0.717) is 30.0 Å². The second kappa shape index (κ2) is 11.1. The fourth-order valence-corrected chi connectivity index (χ4v) is 6.67. The Morgan fingerprint density at radius 3 is 2.29 bits per heavy atom. The summed E-state index contributed by atoms with van der Waals surface area (Å²) >= 11 is 0. The SMILES string of the molecule is CS(=O)(=O)c1ccc(NCC#Cc2cc3c(NC4CCS(=O)(=O)CC4)cccc3n2CC(F)(F)F)c(C(F)(F)F)c1. The molecule has 1 fully saturated rings. The summed E-state index contributed by atoms with van der Waals surface area (Å²) in [4.78, 5) is -0.516. The Bertz CT molecular complexity index is 1720. The van der Waals surface area contributed by atoms with Crippen LogP contribution in [0.2, 0.25) is 0 Å². The lowest BCUT2D eigenvalue weighted by atomic mass is 10.1. The van der Waals surface area contributed by atoms with Crippen molar-refractivity contribution < 1.29 is 43.2 Å². The number of hydrogen-bond donors (Lipinski definition) is 2. The smallest absolute Gasteiger partial charge is 0.382 e. The van der Waals surface area contributed by atoms with Gasteiger partial charge >= 0.3 is 12.4 Å². The number of fused-ring (bicyclic) bond motifs is 1. The minimum absolute atomic E-state index is 0.00644. The summed E-state index contributed by atoms with van der Waals surface area (Å²) in [6.45, 7) is -1.74. The van der Waals surface area contributed by atoms with Gasteiger partial charge in [-0.25, -0.2) is 16.8 Å². The van der Waals surface area contributed by atoms with Crippen molar-refractivity contribution >= 4 is 42.0 Å². The van der Waals surface area contributed by atoms with Crippen molar-refractivity contribution in [2.45, 2.75) is 42.7 Å². The lowest BCUT2D eigenvalue weighted by Gasteiger charge is -2.24. The first-order valence-electron chi connectivity index (χ1n) is 12.2. The second-order valence-corrected chi connectivity index (χ2v) is 14.0. The number of hydrogen-bond acceptors (Lipinski definition) is 6. The molecule has 222 valence electrons. The average Bonchev–Trinajstić information content (AvgIpc) is 3.18. The van der Waals surface area contributed by atoms with Crippen LogP contribution in [0, 0.1) is 11.8 Å². The number of anilines is 2. The molecule has 0 atom stereocenters. The molecule has 0 unspecified atom stereocenters. The number of rotatable bonds is 6. The summed E-state index contributed by atoms with van der Waals surface area (Å²) in [5.41, 5.74) is -0.947. The van der Waals surface area contributed by atoms with E-state index >= 15 is 0 Å². The normalized spacial score (nSPS) is 16.3. The zero-order chi connectivity index (χ0) is 30.2. The van der Waals surface area contributed by atoms with Crippen LogP contribution in [0.4, 0.5) is 37.7 Å². The van der Waals surface area contributed by atoms with Gasteiger partial charge in [0.25, 0.3) is 0 Å². The molecule has 2 heterocycles. The highest BCUT2D eigenvalue weighted by Gasteiger charge is 2.34. The monoisotopic (exact) mass is 621 g/mol. The molecule has 0 radical (unpaired) electrons. The van der Waals surface area contributed by atoms with Gasteiger partial charge < -0.3 is 15.2 Å². The number of aromatic nitrogens is 1. The van der Waals surface area contributed by atoms with Crippen molar-refractivity contribution in [3.63, 3.8) is 0 Å². The van der Waals surface area contributed by atoms with Crippen molar-refractivity contribution in [1.29, 1.82) is 0 Å². The van der Waals surface area contributed by atoms with E-state index in [2.05, 4.69) is 22.5 Å². The van der Waals surface area contributed by atoms with Crippen LogP contribution in [0.1, 0.15) is 24.1 Å². The summed E-state index contributed by atoms with van der Waals surface area (Å²) in [6.07, 6.45) is -7.98. The number of benzene rings is 2. The van der Waals surface area contributed by atoms with E-state index in [-0.39, 0.29) is 35.3 Å². The van der Waals surface area contributed by atoms with Crippen molar-refractivity contribution in [3.05, 3.63) is 53.7 Å². The Balaban J connectivity index is 1.63. The van der Waals surface area contributed by atoms with Crippen LogP contribution in [-0.2, 0) is 32.4 Å². The van der Waals surface area contributed by atoms with E-state index in [1.165, 1.54) is 12.1 Å². The van der Waals surface area contributed by atoms with Crippen molar-refractivity contribution in [1.82, 2.24) is 4.57 Å². The first-order valence-corrected chi connectivity index (χ1v) is 15.9. The molecule has 0 spiro atoms. The molecule has 0 saturated carbocycles. The predicted octanol–water partition coefficient (Wildman–Crippen LogP) is 5.08. The molecule has 4 rings (SSSR count). The molecule has 7 nitrogen and oxygen atoms in total. The number of sulfone groups is 2. The number of alkyl halides is 6. The number of nitrogens with one attached hydrogen (secondary N) is 2. The van der Waals surface area contributed by atoms with Crippen LogP contribution < -0.4 is 10.6 Å². The van der Waals surface area contributed by atoms with E-state index in [9.17, 15) is 43.2 Å². The molecule has 1 aliphatic heterocycles. The molecule has 2 aromatic carbocycles. The van der Waals surface area contributed by atoms with Crippen molar-refractivity contribution in [2.24, 2.45) is 0 Å². The highest BCUT2D eigenvalue weighted by molar-refractivity contribution is 7.91. The minimum Gasteiger partial charge on any atom is -0.382 e. The van der Waals surface area contributed by atoms with E-state index in [0.717, 1.165) is 23.0 Å². The summed E-state index contributed by atoms with van der Waals surface area (Å²) in [6, 6.07) is 8.44. The quantitative estimate of drug-likeness (QED) is 0.295. The third kappa shape index (κ3) is 7.68. The number of nitrogens with zero attached hydrogens (tertiary/aromatic N) is 1. The molecular weight excluding hydrogens is 596 g/mol. The van der Waals surface area contributed by atoms with Crippen LogP contribution >= 0.6 is 0 Å².